The van der Waals surface area contributed by atoms with Gasteiger partial charge in [-0.3, -0.25) is 4.79 Å². The monoisotopic (exact) mass is 306 g/mol. The van der Waals surface area contributed by atoms with Gasteiger partial charge in [-0.05, 0) is 24.1 Å². The Bertz CT molecular complexity index is 506. The van der Waals surface area contributed by atoms with Crippen LogP contribution in [0, 0.1) is 0 Å². The number of anilines is 1. The van der Waals surface area contributed by atoms with Crippen LogP contribution in [0.2, 0.25) is 0 Å². The largest absolute Gasteiger partial charge is 0.418 e. The second-order valence-corrected chi connectivity index (χ2v) is 4.63. The van der Waals surface area contributed by atoms with Crippen molar-refractivity contribution in [1.29, 1.82) is 0 Å². The van der Waals surface area contributed by atoms with Crippen LogP contribution in [-0.4, -0.2) is 28.8 Å². The molecule has 5 nitrogen and oxygen atoms in total. The molecule has 0 bridgehead atoms. The first-order valence-electron chi connectivity index (χ1n) is 6.20. The summed E-state index contributed by atoms with van der Waals surface area (Å²) in [6, 6.07) is 2.96. The fourth-order valence-electron chi connectivity index (χ4n) is 1.78. The third-order valence-corrected chi connectivity index (χ3v) is 2.90. The van der Waals surface area contributed by atoms with Crippen LogP contribution < -0.4 is 11.1 Å². The van der Waals surface area contributed by atoms with Crippen LogP contribution in [0.1, 0.15) is 30.6 Å². The number of aliphatic hydroxyl groups is 2. The SMILES string of the molecule is CC(=O)NCCC(O)C(O)c1ccc(N)c(C(F)(F)F)c1. The number of rotatable bonds is 5. The fourth-order valence-corrected chi connectivity index (χ4v) is 1.78. The van der Waals surface area contributed by atoms with Gasteiger partial charge in [0.2, 0.25) is 5.91 Å². The molecule has 1 aromatic rings. The van der Waals surface area contributed by atoms with Crippen molar-refractivity contribution in [1.82, 2.24) is 5.32 Å². The van der Waals surface area contributed by atoms with Gasteiger partial charge >= 0.3 is 6.18 Å². The van der Waals surface area contributed by atoms with Crippen molar-refractivity contribution in [3.63, 3.8) is 0 Å². The summed E-state index contributed by atoms with van der Waals surface area (Å²) in [5.74, 6) is -0.302. The molecule has 0 aliphatic heterocycles. The molecule has 0 aliphatic carbocycles. The van der Waals surface area contributed by atoms with E-state index in [-0.39, 0.29) is 24.4 Å². The molecule has 118 valence electrons. The van der Waals surface area contributed by atoms with Gasteiger partial charge in [-0.1, -0.05) is 6.07 Å². The maximum absolute atomic E-state index is 12.7. The number of nitrogens with one attached hydrogen (secondary N) is 1. The van der Waals surface area contributed by atoms with Gasteiger partial charge in [0, 0.05) is 19.2 Å². The molecule has 0 spiro atoms. The number of hydrogen-bond donors (Lipinski definition) is 4. The molecule has 0 fully saturated rings. The smallest absolute Gasteiger partial charge is 0.398 e. The van der Waals surface area contributed by atoms with E-state index in [1.165, 1.54) is 13.0 Å². The number of carbonyl (C=O) groups is 1. The van der Waals surface area contributed by atoms with E-state index < -0.39 is 29.6 Å². The van der Waals surface area contributed by atoms with Crippen molar-refractivity contribution in [3.8, 4) is 0 Å². The van der Waals surface area contributed by atoms with Crippen molar-refractivity contribution in [3.05, 3.63) is 29.3 Å². The summed E-state index contributed by atoms with van der Waals surface area (Å²) in [5, 5.41) is 22.0. The van der Waals surface area contributed by atoms with Crippen molar-refractivity contribution in [2.75, 3.05) is 12.3 Å². The van der Waals surface area contributed by atoms with Crippen molar-refractivity contribution < 1.29 is 28.2 Å². The number of hydrogen-bond acceptors (Lipinski definition) is 4. The van der Waals surface area contributed by atoms with E-state index in [1.54, 1.807) is 0 Å². The Morgan fingerprint density at radius 1 is 1.38 bits per heavy atom. The molecule has 1 rings (SSSR count). The lowest BCUT2D eigenvalue weighted by Gasteiger charge is -2.20. The summed E-state index contributed by atoms with van der Waals surface area (Å²) in [4.78, 5) is 10.7. The minimum absolute atomic E-state index is 0.00642. The van der Waals surface area contributed by atoms with Gasteiger partial charge < -0.3 is 21.3 Å². The molecule has 21 heavy (non-hydrogen) atoms. The number of nitrogens with two attached hydrogens (primary N) is 1. The van der Waals surface area contributed by atoms with Gasteiger partial charge in [0.25, 0.3) is 0 Å². The number of nitrogen functional groups attached to an aromatic ring is 1. The second kappa shape index (κ2) is 6.77. The van der Waals surface area contributed by atoms with Gasteiger partial charge in [-0.15, -0.1) is 0 Å². The average Bonchev–Trinajstić information content (AvgIpc) is 2.36. The maximum Gasteiger partial charge on any atom is 0.418 e. The number of amides is 1. The van der Waals surface area contributed by atoms with Crippen LogP contribution in [0.15, 0.2) is 18.2 Å². The highest BCUT2D eigenvalue weighted by Crippen LogP contribution is 2.35. The number of aliphatic hydroxyl groups excluding tert-OH is 2. The number of alkyl halides is 3. The molecule has 0 radical (unpaired) electrons. The Kier molecular flexibility index (Phi) is 5.56. The van der Waals surface area contributed by atoms with Gasteiger partial charge in [0.1, 0.15) is 6.10 Å². The van der Waals surface area contributed by atoms with Gasteiger partial charge in [-0.2, -0.15) is 13.2 Å². The molecule has 8 heteroatoms. The normalized spacial score (nSPS) is 14.6. The summed E-state index contributed by atoms with van der Waals surface area (Å²) >= 11 is 0. The number of benzene rings is 1. The highest BCUT2D eigenvalue weighted by molar-refractivity contribution is 5.72. The van der Waals surface area contributed by atoms with Gasteiger partial charge in [-0.25, -0.2) is 0 Å². The van der Waals surface area contributed by atoms with Crippen molar-refractivity contribution in [2.45, 2.75) is 31.7 Å². The summed E-state index contributed by atoms with van der Waals surface area (Å²) in [6.07, 6.45) is -7.44. The number of halogens is 3. The Labute approximate surface area is 119 Å². The van der Waals surface area contributed by atoms with Crippen LogP contribution in [0.3, 0.4) is 0 Å². The first kappa shape index (κ1) is 17.3. The van der Waals surface area contributed by atoms with E-state index in [2.05, 4.69) is 5.32 Å². The summed E-state index contributed by atoms with van der Waals surface area (Å²) < 4.78 is 38.1. The molecular formula is C13H17F3N2O3. The molecule has 2 unspecified atom stereocenters. The first-order valence-corrected chi connectivity index (χ1v) is 6.20. The third-order valence-electron chi connectivity index (χ3n) is 2.90. The first-order chi connectivity index (χ1) is 9.62. The Balaban J connectivity index is 2.82. The minimum Gasteiger partial charge on any atom is -0.398 e. The third kappa shape index (κ3) is 4.91. The summed E-state index contributed by atoms with van der Waals surface area (Å²) in [6.45, 7) is 1.40. The molecular weight excluding hydrogens is 289 g/mol. The predicted molar refractivity (Wildman–Crippen MR) is 70.1 cm³/mol. The highest BCUT2D eigenvalue weighted by Gasteiger charge is 2.34. The maximum atomic E-state index is 12.7. The Morgan fingerprint density at radius 3 is 2.52 bits per heavy atom. The van der Waals surface area contributed by atoms with E-state index in [0.717, 1.165) is 6.07 Å². The van der Waals surface area contributed by atoms with Crippen LogP contribution in [0.5, 0.6) is 0 Å². The van der Waals surface area contributed by atoms with E-state index in [9.17, 15) is 28.2 Å². The zero-order valence-electron chi connectivity index (χ0n) is 11.3. The molecule has 0 aromatic heterocycles. The lowest BCUT2D eigenvalue weighted by Crippen LogP contribution is -2.27. The molecule has 0 aliphatic rings. The van der Waals surface area contributed by atoms with Gasteiger partial charge in [0.15, 0.2) is 0 Å². The van der Waals surface area contributed by atoms with E-state index in [0.29, 0.717) is 6.07 Å². The van der Waals surface area contributed by atoms with Crippen LogP contribution in [0.25, 0.3) is 0 Å². The average molecular weight is 306 g/mol. The molecule has 0 saturated carbocycles. The quantitative estimate of drug-likeness (QED) is 0.615. The molecule has 0 heterocycles. The van der Waals surface area contributed by atoms with E-state index in [1.807, 2.05) is 0 Å². The lowest BCUT2D eigenvalue weighted by molar-refractivity contribution is -0.137. The van der Waals surface area contributed by atoms with Crippen LogP contribution >= 0.6 is 0 Å². The molecule has 5 N–H and O–H groups in total. The standard InChI is InChI=1S/C13H17F3N2O3/c1-7(19)18-5-4-11(20)12(21)8-2-3-10(17)9(6-8)13(14,15)16/h2-3,6,11-12,20-21H,4-5,17H2,1H3,(H,18,19). The Hall–Kier alpha value is -1.80. The van der Waals surface area contributed by atoms with E-state index >= 15 is 0 Å². The zero-order chi connectivity index (χ0) is 16.2. The molecule has 1 aromatic carbocycles. The molecule has 1 amide bonds. The predicted octanol–water partition coefficient (Wildman–Crippen LogP) is 1.21. The van der Waals surface area contributed by atoms with E-state index in [4.69, 9.17) is 5.73 Å². The molecule has 0 saturated heterocycles. The second-order valence-electron chi connectivity index (χ2n) is 4.63. The Morgan fingerprint density at radius 2 is 2.00 bits per heavy atom. The summed E-state index contributed by atoms with van der Waals surface area (Å²) in [5.41, 5.74) is 3.65. The van der Waals surface area contributed by atoms with Crippen LogP contribution in [-0.2, 0) is 11.0 Å². The zero-order valence-corrected chi connectivity index (χ0v) is 11.3. The number of carbonyl (C=O) groups excluding carboxylic acids is 1. The summed E-state index contributed by atoms with van der Waals surface area (Å²) in [7, 11) is 0. The highest BCUT2D eigenvalue weighted by atomic mass is 19.4. The molecule has 2 atom stereocenters. The van der Waals surface area contributed by atoms with Crippen molar-refractivity contribution >= 4 is 11.6 Å². The fraction of sp³-hybridized carbons (Fsp3) is 0.462. The van der Waals surface area contributed by atoms with Crippen molar-refractivity contribution in [2.24, 2.45) is 0 Å². The lowest BCUT2D eigenvalue weighted by atomic mass is 9.99. The van der Waals surface area contributed by atoms with Gasteiger partial charge in [0.05, 0.1) is 11.7 Å². The van der Waals surface area contributed by atoms with Crippen LogP contribution in [0.4, 0.5) is 18.9 Å². The topological polar surface area (TPSA) is 95.6 Å². The minimum atomic E-state index is -4.64.